The standard InChI is InChI=1S/C19H16ClFN2O2S/c1-11-2-4-14-17(6-11)22-13(8-18(14)24)9-26-10-19(25)23-12-3-5-16(21)15(20)7-12/h2-8H,9-10H2,1H3,(H,22,24)(H,23,25). The number of carbonyl (C=O) groups excluding carboxylic acids is 1. The average molecular weight is 391 g/mol. The molecule has 1 amide bonds. The number of hydrogen-bond donors (Lipinski definition) is 2. The number of aromatic amines is 1. The Kier molecular flexibility index (Phi) is 5.64. The number of thioether (sulfide) groups is 1. The first-order valence-corrected chi connectivity index (χ1v) is 9.41. The molecule has 0 unspecified atom stereocenters. The predicted molar refractivity (Wildman–Crippen MR) is 106 cm³/mol. The Labute approximate surface area is 158 Å². The quantitative estimate of drug-likeness (QED) is 0.674. The number of hydrogen-bond acceptors (Lipinski definition) is 3. The second-order valence-corrected chi connectivity index (χ2v) is 7.27. The van der Waals surface area contributed by atoms with Crippen molar-refractivity contribution in [1.82, 2.24) is 4.98 Å². The molecular weight excluding hydrogens is 375 g/mol. The van der Waals surface area contributed by atoms with Gasteiger partial charge in [-0.05, 0) is 42.8 Å². The van der Waals surface area contributed by atoms with Gasteiger partial charge in [0, 0.05) is 34.1 Å². The van der Waals surface area contributed by atoms with Gasteiger partial charge in [0.2, 0.25) is 5.91 Å². The van der Waals surface area contributed by atoms with E-state index in [4.69, 9.17) is 11.6 Å². The van der Waals surface area contributed by atoms with Crippen molar-refractivity contribution >= 4 is 45.9 Å². The lowest BCUT2D eigenvalue weighted by molar-refractivity contribution is -0.113. The zero-order valence-corrected chi connectivity index (χ0v) is 15.5. The molecule has 0 aliphatic carbocycles. The van der Waals surface area contributed by atoms with Crippen LogP contribution in [0.15, 0.2) is 47.3 Å². The molecule has 134 valence electrons. The van der Waals surface area contributed by atoms with E-state index < -0.39 is 5.82 Å². The lowest BCUT2D eigenvalue weighted by atomic mass is 10.1. The highest BCUT2D eigenvalue weighted by molar-refractivity contribution is 7.99. The van der Waals surface area contributed by atoms with Gasteiger partial charge in [-0.2, -0.15) is 0 Å². The molecular formula is C19H16ClFN2O2S. The molecule has 0 atom stereocenters. The molecule has 0 fully saturated rings. The highest BCUT2D eigenvalue weighted by Crippen LogP contribution is 2.20. The van der Waals surface area contributed by atoms with E-state index in [0.29, 0.717) is 16.8 Å². The summed E-state index contributed by atoms with van der Waals surface area (Å²) in [5.41, 5.74) is 3.01. The van der Waals surface area contributed by atoms with Crippen LogP contribution in [0, 0.1) is 12.7 Å². The Hall–Kier alpha value is -2.31. The average Bonchev–Trinajstić information content (AvgIpc) is 2.58. The predicted octanol–water partition coefficient (Wildman–Crippen LogP) is 4.50. The van der Waals surface area contributed by atoms with E-state index >= 15 is 0 Å². The fraction of sp³-hybridized carbons (Fsp3) is 0.158. The maximum absolute atomic E-state index is 13.1. The number of fused-ring (bicyclic) bond motifs is 1. The van der Waals surface area contributed by atoms with Crippen molar-refractivity contribution in [1.29, 1.82) is 0 Å². The van der Waals surface area contributed by atoms with Gasteiger partial charge >= 0.3 is 0 Å². The minimum absolute atomic E-state index is 0.0419. The Balaban J connectivity index is 1.60. The summed E-state index contributed by atoms with van der Waals surface area (Å²) in [7, 11) is 0. The normalized spacial score (nSPS) is 10.9. The van der Waals surface area contributed by atoms with Crippen LogP contribution in [0.25, 0.3) is 10.9 Å². The summed E-state index contributed by atoms with van der Waals surface area (Å²) >= 11 is 7.06. The summed E-state index contributed by atoms with van der Waals surface area (Å²) in [6, 6.07) is 11.2. The van der Waals surface area contributed by atoms with Gasteiger partial charge in [0.25, 0.3) is 0 Å². The van der Waals surface area contributed by atoms with Crippen molar-refractivity contribution in [2.45, 2.75) is 12.7 Å². The fourth-order valence-corrected chi connectivity index (χ4v) is 3.44. The van der Waals surface area contributed by atoms with E-state index in [1.165, 1.54) is 30.0 Å². The number of H-pyrrole nitrogens is 1. The Bertz CT molecular complexity index is 1040. The molecule has 4 nitrogen and oxygen atoms in total. The van der Waals surface area contributed by atoms with E-state index in [2.05, 4.69) is 10.3 Å². The van der Waals surface area contributed by atoms with Crippen molar-refractivity contribution in [2.75, 3.05) is 11.1 Å². The first-order chi connectivity index (χ1) is 12.4. The topological polar surface area (TPSA) is 62.0 Å². The van der Waals surface area contributed by atoms with Gasteiger partial charge in [-0.25, -0.2) is 4.39 Å². The van der Waals surface area contributed by atoms with Crippen LogP contribution in [0.3, 0.4) is 0 Å². The summed E-state index contributed by atoms with van der Waals surface area (Å²) in [5, 5.41) is 3.27. The maximum atomic E-state index is 13.1. The number of amides is 1. The van der Waals surface area contributed by atoms with E-state index in [9.17, 15) is 14.0 Å². The second-order valence-electron chi connectivity index (χ2n) is 5.88. The molecule has 0 radical (unpaired) electrons. The molecule has 3 aromatic rings. The lowest BCUT2D eigenvalue weighted by Gasteiger charge is -2.07. The van der Waals surface area contributed by atoms with Crippen molar-refractivity contribution in [2.24, 2.45) is 0 Å². The van der Waals surface area contributed by atoms with E-state index in [1.807, 2.05) is 25.1 Å². The lowest BCUT2D eigenvalue weighted by Crippen LogP contribution is -2.14. The van der Waals surface area contributed by atoms with Crippen LogP contribution in [0.5, 0.6) is 0 Å². The molecule has 0 bridgehead atoms. The molecule has 1 heterocycles. The second kappa shape index (κ2) is 7.93. The zero-order chi connectivity index (χ0) is 18.7. The number of nitrogens with one attached hydrogen (secondary N) is 2. The van der Waals surface area contributed by atoms with Gasteiger partial charge < -0.3 is 10.3 Å². The van der Waals surface area contributed by atoms with E-state index in [1.54, 1.807) is 6.07 Å². The molecule has 7 heteroatoms. The monoisotopic (exact) mass is 390 g/mol. The number of aromatic nitrogens is 1. The zero-order valence-electron chi connectivity index (χ0n) is 13.9. The van der Waals surface area contributed by atoms with E-state index in [0.717, 1.165) is 16.8 Å². The molecule has 2 aromatic carbocycles. The highest BCUT2D eigenvalue weighted by Gasteiger charge is 2.07. The van der Waals surface area contributed by atoms with Crippen molar-refractivity contribution < 1.29 is 9.18 Å². The SMILES string of the molecule is Cc1ccc2c(=O)cc(CSCC(=O)Nc3ccc(F)c(Cl)c3)[nH]c2c1. The van der Waals surface area contributed by atoms with Crippen molar-refractivity contribution in [3.05, 3.63) is 74.8 Å². The van der Waals surface area contributed by atoms with Gasteiger partial charge in [0.1, 0.15) is 5.82 Å². The fourth-order valence-electron chi connectivity index (χ4n) is 2.52. The van der Waals surface area contributed by atoms with Gasteiger partial charge in [0.05, 0.1) is 10.8 Å². The molecule has 0 aliphatic heterocycles. The minimum Gasteiger partial charge on any atom is -0.357 e. The van der Waals surface area contributed by atoms with Crippen LogP contribution in [0.2, 0.25) is 5.02 Å². The number of anilines is 1. The number of pyridine rings is 1. The molecule has 0 saturated heterocycles. The van der Waals surface area contributed by atoms with Gasteiger partial charge in [0.15, 0.2) is 5.43 Å². The van der Waals surface area contributed by atoms with Gasteiger partial charge in [-0.15, -0.1) is 11.8 Å². The molecule has 1 aromatic heterocycles. The molecule has 0 spiro atoms. The molecule has 2 N–H and O–H groups in total. The Morgan fingerprint density at radius 1 is 1.23 bits per heavy atom. The van der Waals surface area contributed by atoms with Crippen molar-refractivity contribution in [3.8, 4) is 0 Å². The smallest absolute Gasteiger partial charge is 0.234 e. The third-order valence-corrected chi connectivity index (χ3v) is 5.01. The number of rotatable bonds is 5. The maximum Gasteiger partial charge on any atom is 0.234 e. The van der Waals surface area contributed by atoms with Crippen LogP contribution in [-0.4, -0.2) is 16.6 Å². The van der Waals surface area contributed by atoms with Crippen LogP contribution in [0.1, 0.15) is 11.3 Å². The molecule has 0 aliphatic rings. The molecule has 3 rings (SSSR count). The Morgan fingerprint density at radius 3 is 2.81 bits per heavy atom. The summed E-state index contributed by atoms with van der Waals surface area (Å²) in [6.07, 6.45) is 0. The van der Waals surface area contributed by atoms with Gasteiger partial charge in [-0.3, -0.25) is 9.59 Å². The highest BCUT2D eigenvalue weighted by atomic mass is 35.5. The molecule has 0 saturated carbocycles. The summed E-state index contributed by atoms with van der Waals surface area (Å²) in [4.78, 5) is 27.4. The number of halogens is 2. The van der Waals surface area contributed by atoms with Crippen LogP contribution < -0.4 is 10.7 Å². The van der Waals surface area contributed by atoms with Crippen LogP contribution >= 0.6 is 23.4 Å². The third kappa shape index (κ3) is 4.45. The first kappa shape index (κ1) is 18.5. The third-order valence-electron chi connectivity index (χ3n) is 3.74. The van der Waals surface area contributed by atoms with Crippen LogP contribution in [-0.2, 0) is 10.5 Å². The summed E-state index contributed by atoms with van der Waals surface area (Å²) in [6.45, 7) is 1.96. The van der Waals surface area contributed by atoms with Crippen LogP contribution in [0.4, 0.5) is 10.1 Å². The number of benzene rings is 2. The Morgan fingerprint density at radius 2 is 2.04 bits per heavy atom. The van der Waals surface area contributed by atoms with Gasteiger partial charge in [-0.1, -0.05) is 17.7 Å². The minimum atomic E-state index is -0.533. The largest absolute Gasteiger partial charge is 0.357 e. The first-order valence-electron chi connectivity index (χ1n) is 7.87. The van der Waals surface area contributed by atoms with E-state index in [-0.39, 0.29) is 22.1 Å². The van der Waals surface area contributed by atoms with Crippen molar-refractivity contribution in [3.63, 3.8) is 0 Å². The molecule has 26 heavy (non-hydrogen) atoms. The summed E-state index contributed by atoms with van der Waals surface area (Å²) in [5.74, 6) is -0.0641. The number of carbonyl (C=O) groups is 1. The number of aryl methyl sites for hydroxylation is 1. The summed E-state index contributed by atoms with van der Waals surface area (Å²) < 4.78 is 13.1.